The molecule has 1 aliphatic rings. The molecule has 1 aromatic heterocycles. The van der Waals surface area contributed by atoms with Crippen molar-refractivity contribution in [3.8, 4) is 0 Å². The van der Waals surface area contributed by atoms with Gasteiger partial charge in [0.25, 0.3) is 0 Å². The maximum absolute atomic E-state index is 11.6. The number of hydrogen-bond acceptors (Lipinski definition) is 5. The number of esters is 1. The zero-order valence-corrected chi connectivity index (χ0v) is 15.9. The number of rotatable bonds is 5. The van der Waals surface area contributed by atoms with Gasteiger partial charge >= 0.3 is 5.97 Å². The zero-order chi connectivity index (χ0) is 17.5. The number of nitrogens with one attached hydrogen (secondary N) is 1. The molecule has 0 bridgehead atoms. The van der Waals surface area contributed by atoms with Crippen molar-refractivity contribution in [1.82, 2.24) is 15.2 Å². The van der Waals surface area contributed by atoms with Gasteiger partial charge in [-0.3, -0.25) is 4.79 Å². The van der Waals surface area contributed by atoms with Crippen molar-refractivity contribution in [3.63, 3.8) is 0 Å². The van der Waals surface area contributed by atoms with Crippen LogP contribution in [0.15, 0.2) is 10.4 Å². The summed E-state index contributed by atoms with van der Waals surface area (Å²) in [6.07, 6.45) is 1.62. The Morgan fingerprint density at radius 1 is 1.50 bits per heavy atom. The normalized spacial score (nSPS) is 16.5. The molecule has 1 aromatic rings. The molecule has 134 valence electrons. The molecule has 1 aliphatic heterocycles. The van der Waals surface area contributed by atoms with E-state index < -0.39 is 0 Å². The van der Waals surface area contributed by atoms with Gasteiger partial charge in [0.15, 0.2) is 5.96 Å². The molecule has 24 heavy (non-hydrogen) atoms. The van der Waals surface area contributed by atoms with E-state index in [1.807, 2.05) is 0 Å². The lowest BCUT2D eigenvalue weighted by atomic mass is 9.97. The van der Waals surface area contributed by atoms with Crippen LogP contribution in [0.5, 0.6) is 0 Å². The number of hydrogen-bond donors (Lipinski definition) is 1. The molecular weight excluding hydrogens is 324 g/mol. The zero-order valence-electron chi connectivity index (χ0n) is 15.0. The highest BCUT2D eigenvalue weighted by atomic mass is 32.1. The largest absolute Gasteiger partial charge is 0.469 e. The van der Waals surface area contributed by atoms with Gasteiger partial charge in [0, 0.05) is 30.9 Å². The number of likely N-dealkylation sites (tertiary alicyclic amines) is 1. The van der Waals surface area contributed by atoms with Gasteiger partial charge in [-0.25, -0.2) is 9.98 Å². The standard InChI is InChI=1S/C17H28N4O2S/c1-5-18-17(19-10-14-11-24-15(20-14)12(2)3)21-8-6-13(7-9-21)16(22)23-4/h11-13H,5-10H2,1-4H3,(H,18,19). The molecule has 0 unspecified atom stereocenters. The molecule has 1 N–H and O–H groups in total. The fraction of sp³-hybridized carbons (Fsp3) is 0.706. The first kappa shape index (κ1) is 18.7. The van der Waals surface area contributed by atoms with Gasteiger partial charge in [-0.2, -0.15) is 0 Å². The van der Waals surface area contributed by atoms with Crippen LogP contribution < -0.4 is 5.32 Å². The third-order valence-corrected chi connectivity index (χ3v) is 5.31. The fourth-order valence-electron chi connectivity index (χ4n) is 2.74. The van der Waals surface area contributed by atoms with Crippen LogP contribution in [-0.4, -0.2) is 48.6 Å². The first-order chi connectivity index (χ1) is 11.5. The molecule has 0 aliphatic carbocycles. The Bertz CT molecular complexity index is 563. The highest BCUT2D eigenvalue weighted by Crippen LogP contribution is 2.20. The van der Waals surface area contributed by atoms with E-state index in [4.69, 9.17) is 9.73 Å². The molecule has 0 aromatic carbocycles. The Balaban J connectivity index is 1.97. The van der Waals surface area contributed by atoms with Gasteiger partial charge in [0.05, 0.1) is 30.3 Å². The number of methoxy groups -OCH3 is 1. The van der Waals surface area contributed by atoms with E-state index in [0.29, 0.717) is 12.5 Å². The summed E-state index contributed by atoms with van der Waals surface area (Å²) in [6, 6.07) is 0. The molecule has 0 atom stereocenters. The van der Waals surface area contributed by atoms with Crippen LogP contribution in [0.25, 0.3) is 0 Å². The van der Waals surface area contributed by atoms with Crippen LogP contribution in [0.2, 0.25) is 0 Å². The Kier molecular flexibility index (Phi) is 7.02. The molecule has 2 rings (SSSR count). The van der Waals surface area contributed by atoms with E-state index in [0.717, 1.165) is 49.1 Å². The summed E-state index contributed by atoms with van der Waals surface area (Å²) in [7, 11) is 1.46. The van der Waals surface area contributed by atoms with E-state index in [2.05, 4.69) is 41.4 Å². The lowest BCUT2D eigenvalue weighted by molar-refractivity contribution is -0.146. The predicted octanol–water partition coefficient (Wildman–Crippen LogP) is 2.62. The van der Waals surface area contributed by atoms with Crippen molar-refractivity contribution >= 4 is 23.3 Å². The quantitative estimate of drug-likeness (QED) is 0.501. The number of aromatic nitrogens is 1. The van der Waals surface area contributed by atoms with Crippen LogP contribution in [0.3, 0.4) is 0 Å². The number of guanidine groups is 1. The SMILES string of the molecule is CCNC(=NCc1csc(C(C)C)n1)N1CCC(C(=O)OC)CC1. The minimum atomic E-state index is -0.0970. The molecule has 7 heteroatoms. The Morgan fingerprint density at radius 2 is 2.21 bits per heavy atom. The molecule has 1 fully saturated rings. The van der Waals surface area contributed by atoms with E-state index in [9.17, 15) is 4.79 Å². The Morgan fingerprint density at radius 3 is 2.75 bits per heavy atom. The number of nitrogens with zero attached hydrogens (tertiary/aromatic N) is 3. The number of piperidine rings is 1. The first-order valence-corrected chi connectivity index (χ1v) is 9.48. The maximum Gasteiger partial charge on any atom is 0.308 e. The van der Waals surface area contributed by atoms with Gasteiger partial charge < -0.3 is 15.0 Å². The van der Waals surface area contributed by atoms with E-state index in [-0.39, 0.29) is 11.9 Å². The second kappa shape index (κ2) is 9.01. The summed E-state index contributed by atoms with van der Waals surface area (Å²) < 4.78 is 4.85. The average Bonchev–Trinajstić information content (AvgIpc) is 3.07. The topological polar surface area (TPSA) is 66.8 Å². The third-order valence-electron chi connectivity index (χ3n) is 4.12. The van der Waals surface area contributed by atoms with Gasteiger partial charge in [0.1, 0.15) is 0 Å². The lowest BCUT2D eigenvalue weighted by Gasteiger charge is -2.33. The van der Waals surface area contributed by atoms with Crippen LogP contribution in [-0.2, 0) is 16.1 Å². The molecule has 2 heterocycles. The van der Waals surface area contributed by atoms with Crippen LogP contribution in [0, 0.1) is 5.92 Å². The highest BCUT2D eigenvalue weighted by molar-refractivity contribution is 7.09. The van der Waals surface area contributed by atoms with Crippen molar-refractivity contribution in [2.75, 3.05) is 26.7 Å². The monoisotopic (exact) mass is 352 g/mol. The van der Waals surface area contributed by atoms with Crippen molar-refractivity contribution in [2.24, 2.45) is 10.9 Å². The van der Waals surface area contributed by atoms with Crippen molar-refractivity contribution < 1.29 is 9.53 Å². The van der Waals surface area contributed by atoms with Gasteiger partial charge in [-0.1, -0.05) is 13.8 Å². The molecule has 0 spiro atoms. The van der Waals surface area contributed by atoms with Crippen molar-refractivity contribution in [3.05, 3.63) is 16.1 Å². The third kappa shape index (κ3) is 4.93. The number of carbonyl (C=O) groups excluding carboxylic acids is 1. The molecular formula is C17H28N4O2S. The number of ether oxygens (including phenoxy) is 1. The van der Waals surface area contributed by atoms with E-state index in [1.54, 1.807) is 11.3 Å². The fourth-order valence-corrected chi connectivity index (χ4v) is 3.56. The van der Waals surface area contributed by atoms with Gasteiger partial charge in [-0.05, 0) is 19.8 Å². The number of aliphatic imine (C=N–C) groups is 1. The van der Waals surface area contributed by atoms with Crippen LogP contribution in [0.1, 0.15) is 50.2 Å². The first-order valence-electron chi connectivity index (χ1n) is 8.60. The van der Waals surface area contributed by atoms with Crippen molar-refractivity contribution in [1.29, 1.82) is 0 Å². The summed E-state index contributed by atoms with van der Waals surface area (Å²) in [5.74, 6) is 1.28. The van der Waals surface area contributed by atoms with Crippen molar-refractivity contribution in [2.45, 2.75) is 46.1 Å². The Hall–Kier alpha value is -1.63. The smallest absolute Gasteiger partial charge is 0.308 e. The maximum atomic E-state index is 11.6. The lowest BCUT2D eigenvalue weighted by Crippen LogP contribution is -2.46. The molecule has 0 saturated carbocycles. The molecule has 0 radical (unpaired) electrons. The van der Waals surface area contributed by atoms with E-state index >= 15 is 0 Å². The number of carbonyl (C=O) groups is 1. The van der Waals surface area contributed by atoms with E-state index in [1.165, 1.54) is 7.11 Å². The summed E-state index contributed by atoms with van der Waals surface area (Å²) in [6.45, 7) is 9.42. The van der Waals surface area contributed by atoms with Crippen LogP contribution in [0.4, 0.5) is 0 Å². The minimum Gasteiger partial charge on any atom is -0.469 e. The summed E-state index contributed by atoms with van der Waals surface area (Å²) in [5, 5.41) is 6.59. The van der Waals surface area contributed by atoms with Crippen LogP contribution >= 0.6 is 11.3 Å². The Labute approximate surface area is 148 Å². The summed E-state index contributed by atoms with van der Waals surface area (Å²) in [4.78, 5) is 23.2. The average molecular weight is 353 g/mol. The minimum absolute atomic E-state index is 0.0151. The highest BCUT2D eigenvalue weighted by Gasteiger charge is 2.26. The molecule has 0 amide bonds. The van der Waals surface area contributed by atoms with Gasteiger partial charge in [-0.15, -0.1) is 11.3 Å². The molecule has 6 nitrogen and oxygen atoms in total. The predicted molar refractivity (Wildman–Crippen MR) is 97.3 cm³/mol. The second-order valence-electron chi connectivity index (χ2n) is 6.29. The number of thiazole rings is 1. The summed E-state index contributed by atoms with van der Waals surface area (Å²) in [5.41, 5.74) is 1.02. The second-order valence-corrected chi connectivity index (χ2v) is 7.18. The van der Waals surface area contributed by atoms with Gasteiger partial charge in [0.2, 0.25) is 0 Å². The summed E-state index contributed by atoms with van der Waals surface area (Å²) >= 11 is 1.70. The molecule has 1 saturated heterocycles.